The first-order chi connectivity index (χ1) is 6.07. The van der Waals surface area contributed by atoms with E-state index in [1.54, 1.807) is 0 Å². The van der Waals surface area contributed by atoms with Gasteiger partial charge in [0.25, 0.3) is 6.43 Å². The zero-order valence-corrected chi connectivity index (χ0v) is 7.98. The van der Waals surface area contributed by atoms with Gasteiger partial charge >= 0.3 is 0 Å². The number of rotatable bonds is 2. The van der Waals surface area contributed by atoms with Crippen LogP contribution in [0.15, 0.2) is 6.20 Å². The van der Waals surface area contributed by atoms with Crippen LogP contribution in [0.4, 0.5) is 18.9 Å². The maximum absolute atomic E-state index is 12.8. The Morgan fingerprint density at radius 1 is 1.54 bits per heavy atom. The minimum atomic E-state index is -2.92. The van der Waals surface area contributed by atoms with Gasteiger partial charge in [-0.15, -0.1) is 0 Å². The van der Waals surface area contributed by atoms with Crippen molar-refractivity contribution in [3.63, 3.8) is 0 Å². The molecule has 0 aromatic carbocycles. The highest BCUT2D eigenvalue weighted by Crippen LogP contribution is 2.29. The quantitative estimate of drug-likeness (QED) is 0.825. The summed E-state index contributed by atoms with van der Waals surface area (Å²) < 4.78 is 37.3. The normalized spacial score (nSPS) is 10.8. The van der Waals surface area contributed by atoms with Crippen LogP contribution in [0.25, 0.3) is 0 Å². The van der Waals surface area contributed by atoms with Gasteiger partial charge in [0.05, 0.1) is 23.1 Å². The molecule has 0 bridgehead atoms. The summed E-state index contributed by atoms with van der Waals surface area (Å²) >= 11 is 3.01. The van der Waals surface area contributed by atoms with Gasteiger partial charge in [0.2, 0.25) is 0 Å². The standard InChI is InChI=1S/C7H6BrF3N2/c8-1-4-6(12)5(7(10)11)3(9)2-13-4/h2,7H,1,12H2. The van der Waals surface area contributed by atoms with Gasteiger partial charge in [0.15, 0.2) is 5.82 Å². The molecule has 0 atom stereocenters. The average molecular weight is 255 g/mol. The molecule has 0 saturated heterocycles. The first-order valence-corrected chi connectivity index (χ1v) is 4.47. The lowest BCUT2D eigenvalue weighted by atomic mass is 10.2. The zero-order valence-electron chi connectivity index (χ0n) is 6.40. The second-order valence-corrected chi connectivity index (χ2v) is 2.88. The number of hydrogen-bond donors (Lipinski definition) is 1. The summed E-state index contributed by atoms with van der Waals surface area (Å²) in [6.07, 6.45) is -2.17. The van der Waals surface area contributed by atoms with E-state index in [0.29, 0.717) is 0 Å². The van der Waals surface area contributed by atoms with E-state index in [-0.39, 0.29) is 16.7 Å². The van der Waals surface area contributed by atoms with E-state index in [9.17, 15) is 13.2 Å². The van der Waals surface area contributed by atoms with Crippen molar-refractivity contribution in [1.29, 1.82) is 0 Å². The lowest BCUT2D eigenvalue weighted by Gasteiger charge is -2.08. The van der Waals surface area contributed by atoms with Crippen LogP contribution in [0.5, 0.6) is 0 Å². The molecule has 0 radical (unpaired) electrons. The summed E-state index contributed by atoms with van der Waals surface area (Å²) in [5.74, 6) is -1.07. The largest absolute Gasteiger partial charge is 0.397 e. The molecule has 0 unspecified atom stereocenters. The molecule has 6 heteroatoms. The number of nitrogens with two attached hydrogens (primary N) is 1. The monoisotopic (exact) mass is 254 g/mol. The molecule has 0 spiro atoms. The van der Waals surface area contributed by atoms with E-state index in [1.807, 2.05) is 0 Å². The van der Waals surface area contributed by atoms with Crippen LogP contribution in [0, 0.1) is 5.82 Å². The minimum Gasteiger partial charge on any atom is -0.397 e. The summed E-state index contributed by atoms with van der Waals surface area (Å²) in [7, 11) is 0. The van der Waals surface area contributed by atoms with Crippen molar-refractivity contribution in [3.05, 3.63) is 23.3 Å². The molecule has 72 valence electrons. The van der Waals surface area contributed by atoms with E-state index in [0.717, 1.165) is 6.20 Å². The van der Waals surface area contributed by atoms with Crippen LogP contribution in [0.1, 0.15) is 17.7 Å². The van der Waals surface area contributed by atoms with Crippen LogP contribution < -0.4 is 5.73 Å². The zero-order chi connectivity index (χ0) is 10.0. The number of pyridine rings is 1. The summed E-state index contributed by atoms with van der Waals surface area (Å²) in [5.41, 5.74) is 4.44. The Morgan fingerprint density at radius 2 is 2.15 bits per heavy atom. The van der Waals surface area contributed by atoms with Crippen LogP contribution in [0.3, 0.4) is 0 Å². The molecule has 0 saturated carbocycles. The summed E-state index contributed by atoms with van der Waals surface area (Å²) in [6.45, 7) is 0. The molecule has 0 aliphatic carbocycles. The van der Waals surface area contributed by atoms with Gasteiger partial charge in [-0.1, -0.05) is 15.9 Å². The molecule has 0 aliphatic heterocycles. The Hall–Kier alpha value is -0.780. The fourth-order valence-electron chi connectivity index (χ4n) is 0.886. The number of halogens is 4. The average Bonchev–Trinajstić information content (AvgIpc) is 2.04. The summed E-state index contributed by atoms with van der Waals surface area (Å²) in [4.78, 5) is 3.56. The molecule has 2 nitrogen and oxygen atoms in total. The molecule has 0 fully saturated rings. The van der Waals surface area contributed by atoms with Crippen LogP contribution in [0.2, 0.25) is 0 Å². The molecule has 2 N–H and O–H groups in total. The van der Waals surface area contributed by atoms with E-state index >= 15 is 0 Å². The smallest absolute Gasteiger partial charge is 0.268 e. The highest BCUT2D eigenvalue weighted by Gasteiger charge is 2.19. The molecular weight excluding hydrogens is 249 g/mol. The molecule has 1 aromatic rings. The molecule has 13 heavy (non-hydrogen) atoms. The van der Waals surface area contributed by atoms with E-state index in [2.05, 4.69) is 20.9 Å². The highest BCUT2D eigenvalue weighted by atomic mass is 79.9. The molecule has 0 amide bonds. The highest BCUT2D eigenvalue weighted by molar-refractivity contribution is 9.08. The maximum Gasteiger partial charge on any atom is 0.268 e. The van der Waals surface area contributed by atoms with Gasteiger partial charge in [-0.25, -0.2) is 13.2 Å². The fourth-order valence-corrected chi connectivity index (χ4v) is 1.33. The van der Waals surface area contributed by atoms with E-state index < -0.39 is 17.8 Å². The Balaban J connectivity index is 3.30. The van der Waals surface area contributed by atoms with Crippen molar-refractivity contribution in [1.82, 2.24) is 4.98 Å². The number of alkyl halides is 3. The van der Waals surface area contributed by atoms with Gasteiger partial charge in [0.1, 0.15) is 0 Å². The predicted molar refractivity (Wildman–Crippen MR) is 46.2 cm³/mol. The van der Waals surface area contributed by atoms with Crippen LogP contribution >= 0.6 is 15.9 Å². The van der Waals surface area contributed by atoms with Gasteiger partial charge in [0, 0.05) is 5.33 Å². The molecular formula is C7H6BrF3N2. The van der Waals surface area contributed by atoms with E-state index in [4.69, 9.17) is 5.73 Å². The first kappa shape index (κ1) is 10.3. The molecule has 1 rings (SSSR count). The van der Waals surface area contributed by atoms with Crippen molar-refractivity contribution in [2.24, 2.45) is 0 Å². The third kappa shape index (κ3) is 1.93. The van der Waals surface area contributed by atoms with Crippen LogP contribution in [-0.4, -0.2) is 4.98 Å². The van der Waals surface area contributed by atoms with Gasteiger partial charge < -0.3 is 5.73 Å². The Kier molecular flexibility index (Phi) is 3.13. The third-order valence-electron chi connectivity index (χ3n) is 1.54. The predicted octanol–water partition coefficient (Wildman–Crippen LogP) is 2.64. The Labute approximate surface area is 81.1 Å². The fraction of sp³-hybridized carbons (Fsp3) is 0.286. The second kappa shape index (κ2) is 3.95. The maximum atomic E-state index is 12.8. The Morgan fingerprint density at radius 3 is 2.62 bits per heavy atom. The van der Waals surface area contributed by atoms with E-state index in [1.165, 1.54) is 0 Å². The number of aromatic nitrogens is 1. The van der Waals surface area contributed by atoms with Crippen molar-refractivity contribution in [3.8, 4) is 0 Å². The minimum absolute atomic E-state index is 0.219. The number of nitrogens with zero attached hydrogens (tertiary/aromatic N) is 1. The van der Waals surface area contributed by atoms with Gasteiger partial charge in [-0.05, 0) is 0 Å². The summed E-state index contributed by atoms with van der Waals surface area (Å²) in [5, 5.41) is 0.221. The SMILES string of the molecule is Nc1c(CBr)ncc(F)c1C(F)F. The third-order valence-corrected chi connectivity index (χ3v) is 2.07. The molecule has 1 heterocycles. The lowest BCUT2D eigenvalue weighted by Crippen LogP contribution is -2.04. The topological polar surface area (TPSA) is 38.9 Å². The second-order valence-electron chi connectivity index (χ2n) is 2.31. The van der Waals surface area contributed by atoms with Crippen molar-refractivity contribution >= 4 is 21.6 Å². The first-order valence-electron chi connectivity index (χ1n) is 3.34. The van der Waals surface area contributed by atoms with Crippen molar-refractivity contribution < 1.29 is 13.2 Å². The number of nitrogen functional groups attached to an aromatic ring is 1. The number of anilines is 1. The summed E-state index contributed by atoms with van der Waals surface area (Å²) in [6, 6.07) is 0. The molecule has 0 aliphatic rings. The van der Waals surface area contributed by atoms with Crippen molar-refractivity contribution in [2.75, 3.05) is 5.73 Å². The van der Waals surface area contributed by atoms with Gasteiger partial charge in [-0.2, -0.15) is 0 Å². The molecule has 1 aromatic heterocycles. The van der Waals surface area contributed by atoms with Gasteiger partial charge in [-0.3, -0.25) is 4.98 Å². The Bertz CT molecular complexity index is 317. The van der Waals surface area contributed by atoms with Crippen LogP contribution in [-0.2, 0) is 5.33 Å². The lowest BCUT2D eigenvalue weighted by molar-refractivity contribution is 0.147. The number of hydrogen-bond acceptors (Lipinski definition) is 2. The van der Waals surface area contributed by atoms with Crippen molar-refractivity contribution in [2.45, 2.75) is 11.8 Å².